The largest absolute Gasteiger partial charge is 0.360 e. The summed E-state index contributed by atoms with van der Waals surface area (Å²) in [6.07, 6.45) is 1.22. The fourth-order valence-electron chi connectivity index (χ4n) is 2.33. The van der Waals surface area contributed by atoms with Gasteiger partial charge >= 0.3 is 0 Å². The summed E-state index contributed by atoms with van der Waals surface area (Å²) in [5, 5.41) is 3.72. The van der Waals surface area contributed by atoms with Gasteiger partial charge in [0.1, 0.15) is 5.76 Å². The first-order valence-electron chi connectivity index (χ1n) is 7.15. The third kappa shape index (κ3) is 4.20. The SMILES string of the molecule is Cc1cc(N(CCC(=O)N2CCN(C)CC2)S(C)(=O)=O)no1. The minimum atomic E-state index is -3.51. The van der Waals surface area contributed by atoms with Crippen molar-refractivity contribution < 1.29 is 17.7 Å². The first-order valence-corrected chi connectivity index (χ1v) is 8.99. The van der Waals surface area contributed by atoms with Crippen molar-refractivity contribution >= 4 is 21.7 Å². The number of rotatable bonds is 5. The number of likely N-dealkylation sites (N-methyl/N-ethyl adjacent to an activating group) is 1. The van der Waals surface area contributed by atoms with Crippen LogP contribution >= 0.6 is 0 Å². The highest BCUT2D eigenvalue weighted by molar-refractivity contribution is 7.92. The molecular weight excluding hydrogens is 308 g/mol. The Morgan fingerprint density at radius 2 is 2.00 bits per heavy atom. The Balaban J connectivity index is 1.98. The van der Waals surface area contributed by atoms with E-state index in [0.717, 1.165) is 23.7 Å². The van der Waals surface area contributed by atoms with E-state index in [-0.39, 0.29) is 24.7 Å². The highest BCUT2D eigenvalue weighted by Gasteiger charge is 2.24. The molecule has 0 aromatic carbocycles. The van der Waals surface area contributed by atoms with E-state index in [9.17, 15) is 13.2 Å². The number of aromatic nitrogens is 1. The standard InChI is InChI=1S/C13H22N4O4S/c1-11-10-12(14-21-11)17(22(3,19)20)5-4-13(18)16-8-6-15(2)7-9-16/h10H,4-9H2,1-3H3. The molecule has 0 saturated carbocycles. The normalized spacial score (nSPS) is 16.8. The number of anilines is 1. The van der Waals surface area contributed by atoms with Crippen molar-refractivity contribution in [3.05, 3.63) is 11.8 Å². The van der Waals surface area contributed by atoms with E-state index in [4.69, 9.17) is 4.52 Å². The number of aryl methyl sites for hydroxylation is 1. The van der Waals surface area contributed by atoms with Gasteiger partial charge in [0.15, 0.2) is 5.82 Å². The zero-order chi connectivity index (χ0) is 16.3. The minimum Gasteiger partial charge on any atom is -0.360 e. The number of hydrogen-bond donors (Lipinski definition) is 0. The smallest absolute Gasteiger partial charge is 0.233 e. The Labute approximate surface area is 130 Å². The van der Waals surface area contributed by atoms with Gasteiger partial charge in [0, 0.05) is 45.2 Å². The van der Waals surface area contributed by atoms with Gasteiger partial charge in [-0.15, -0.1) is 0 Å². The van der Waals surface area contributed by atoms with Gasteiger partial charge in [0.2, 0.25) is 15.9 Å². The summed E-state index contributed by atoms with van der Waals surface area (Å²) in [7, 11) is -1.49. The molecule has 22 heavy (non-hydrogen) atoms. The topological polar surface area (TPSA) is 87.0 Å². The van der Waals surface area contributed by atoms with Gasteiger partial charge in [0.25, 0.3) is 0 Å². The van der Waals surface area contributed by atoms with Crippen molar-refractivity contribution in [1.82, 2.24) is 15.0 Å². The van der Waals surface area contributed by atoms with E-state index in [1.807, 2.05) is 7.05 Å². The number of carbonyl (C=O) groups is 1. The van der Waals surface area contributed by atoms with Crippen molar-refractivity contribution in [2.75, 3.05) is 50.3 Å². The molecule has 0 unspecified atom stereocenters. The lowest BCUT2D eigenvalue weighted by Crippen LogP contribution is -2.48. The molecule has 2 heterocycles. The van der Waals surface area contributed by atoms with Crippen LogP contribution in [0.25, 0.3) is 0 Å². The van der Waals surface area contributed by atoms with Crippen LogP contribution in [0.1, 0.15) is 12.2 Å². The molecule has 0 radical (unpaired) electrons. The first-order chi connectivity index (χ1) is 10.3. The summed E-state index contributed by atoms with van der Waals surface area (Å²) in [5.74, 6) is 0.696. The second kappa shape index (κ2) is 6.66. The van der Waals surface area contributed by atoms with Crippen molar-refractivity contribution in [2.45, 2.75) is 13.3 Å². The van der Waals surface area contributed by atoms with Crippen molar-refractivity contribution in [3.63, 3.8) is 0 Å². The molecule has 1 aliphatic heterocycles. The summed E-state index contributed by atoms with van der Waals surface area (Å²) in [5.41, 5.74) is 0. The quantitative estimate of drug-likeness (QED) is 0.750. The molecule has 1 saturated heterocycles. The minimum absolute atomic E-state index is 0.0398. The molecular formula is C13H22N4O4S. The molecule has 124 valence electrons. The van der Waals surface area contributed by atoms with Crippen LogP contribution in [-0.4, -0.2) is 75.3 Å². The van der Waals surface area contributed by atoms with E-state index in [0.29, 0.717) is 18.8 Å². The lowest BCUT2D eigenvalue weighted by atomic mass is 10.3. The molecule has 1 aliphatic rings. The summed E-state index contributed by atoms with van der Waals surface area (Å²) in [4.78, 5) is 16.1. The molecule has 0 atom stereocenters. The van der Waals surface area contributed by atoms with Gasteiger partial charge in [-0.05, 0) is 14.0 Å². The van der Waals surface area contributed by atoms with Gasteiger partial charge in [-0.2, -0.15) is 0 Å². The Morgan fingerprint density at radius 1 is 1.36 bits per heavy atom. The van der Waals surface area contributed by atoms with Crippen LogP contribution in [0.3, 0.4) is 0 Å². The molecule has 9 heteroatoms. The van der Waals surface area contributed by atoms with Crippen LogP contribution < -0.4 is 4.31 Å². The average molecular weight is 330 g/mol. The van der Waals surface area contributed by atoms with Gasteiger partial charge in [0.05, 0.1) is 6.26 Å². The van der Waals surface area contributed by atoms with Gasteiger partial charge < -0.3 is 14.3 Å². The Hall–Kier alpha value is -1.61. The summed E-state index contributed by atoms with van der Waals surface area (Å²) < 4.78 is 29.8. The predicted molar refractivity (Wildman–Crippen MR) is 82.1 cm³/mol. The van der Waals surface area contributed by atoms with Crippen LogP contribution in [0.2, 0.25) is 0 Å². The van der Waals surface area contributed by atoms with E-state index in [1.54, 1.807) is 17.9 Å². The zero-order valence-electron chi connectivity index (χ0n) is 13.2. The van der Waals surface area contributed by atoms with E-state index < -0.39 is 10.0 Å². The molecule has 1 aromatic rings. The molecule has 0 bridgehead atoms. The zero-order valence-corrected chi connectivity index (χ0v) is 14.0. The lowest BCUT2D eigenvalue weighted by Gasteiger charge is -2.32. The lowest BCUT2D eigenvalue weighted by molar-refractivity contribution is -0.132. The molecule has 0 aliphatic carbocycles. The van der Waals surface area contributed by atoms with Crippen LogP contribution in [-0.2, 0) is 14.8 Å². The Bertz CT molecular complexity index is 620. The number of carbonyl (C=O) groups excluding carboxylic acids is 1. The summed E-state index contributed by atoms with van der Waals surface area (Å²) >= 11 is 0. The molecule has 0 spiro atoms. The van der Waals surface area contributed by atoms with Crippen LogP contribution in [0, 0.1) is 6.92 Å². The number of amides is 1. The van der Waals surface area contributed by atoms with Crippen molar-refractivity contribution in [2.24, 2.45) is 0 Å². The predicted octanol–water partition coefficient (Wildman–Crippen LogP) is -0.0869. The number of nitrogens with zero attached hydrogens (tertiary/aromatic N) is 4. The second-order valence-corrected chi connectivity index (χ2v) is 7.47. The fraction of sp³-hybridized carbons (Fsp3) is 0.692. The van der Waals surface area contributed by atoms with Crippen LogP contribution in [0.15, 0.2) is 10.6 Å². The van der Waals surface area contributed by atoms with E-state index in [2.05, 4.69) is 10.1 Å². The van der Waals surface area contributed by atoms with Crippen molar-refractivity contribution in [1.29, 1.82) is 0 Å². The number of piperazine rings is 1. The molecule has 2 rings (SSSR count). The summed E-state index contributed by atoms with van der Waals surface area (Å²) in [6.45, 7) is 4.78. The third-order valence-electron chi connectivity index (χ3n) is 3.66. The van der Waals surface area contributed by atoms with Crippen LogP contribution in [0.4, 0.5) is 5.82 Å². The fourth-order valence-corrected chi connectivity index (χ4v) is 3.18. The average Bonchev–Trinajstić information content (AvgIpc) is 2.84. The highest BCUT2D eigenvalue weighted by atomic mass is 32.2. The molecule has 1 amide bonds. The first kappa shape index (κ1) is 16.8. The second-order valence-electron chi connectivity index (χ2n) is 5.56. The molecule has 8 nitrogen and oxygen atoms in total. The molecule has 0 N–H and O–H groups in total. The van der Waals surface area contributed by atoms with Gasteiger partial charge in [-0.3, -0.25) is 9.10 Å². The maximum atomic E-state index is 12.2. The third-order valence-corrected chi connectivity index (χ3v) is 4.83. The summed E-state index contributed by atoms with van der Waals surface area (Å²) in [6, 6.07) is 1.54. The Morgan fingerprint density at radius 3 is 2.50 bits per heavy atom. The number of sulfonamides is 1. The monoisotopic (exact) mass is 330 g/mol. The number of hydrogen-bond acceptors (Lipinski definition) is 6. The Kier molecular flexibility index (Phi) is 5.07. The van der Waals surface area contributed by atoms with E-state index >= 15 is 0 Å². The molecule has 1 fully saturated rings. The molecule has 1 aromatic heterocycles. The van der Waals surface area contributed by atoms with Gasteiger partial charge in [-0.1, -0.05) is 5.16 Å². The maximum absolute atomic E-state index is 12.2. The van der Waals surface area contributed by atoms with Gasteiger partial charge in [-0.25, -0.2) is 8.42 Å². The van der Waals surface area contributed by atoms with E-state index in [1.165, 1.54) is 0 Å². The maximum Gasteiger partial charge on any atom is 0.233 e. The van der Waals surface area contributed by atoms with Crippen LogP contribution in [0.5, 0.6) is 0 Å². The highest BCUT2D eigenvalue weighted by Crippen LogP contribution is 2.17. The van der Waals surface area contributed by atoms with Crippen molar-refractivity contribution in [3.8, 4) is 0 Å².